The molecule has 0 saturated carbocycles. The number of aromatic nitrogens is 2. The van der Waals surface area contributed by atoms with E-state index in [4.69, 9.17) is 4.74 Å². The molecule has 74 valence electrons. The maximum atomic E-state index is 9.33. The lowest BCUT2D eigenvalue weighted by Gasteiger charge is -2.05. The van der Waals surface area contributed by atoms with Gasteiger partial charge in [-0.25, -0.2) is 9.97 Å². The third-order valence-corrected chi connectivity index (χ3v) is 1.33. The molecule has 0 unspecified atom stereocenters. The minimum absolute atomic E-state index is 0.443. The lowest BCUT2D eigenvalue weighted by molar-refractivity contribution is 0.143. The first-order valence-electron chi connectivity index (χ1n) is 4.13. The van der Waals surface area contributed by atoms with E-state index in [1.165, 1.54) is 19.5 Å². The third kappa shape index (κ3) is 3.42. The van der Waals surface area contributed by atoms with Gasteiger partial charge in [0.2, 0.25) is 5.88 Å². The van der Waals surface area contributed by atoms with Crippen LogP contribution in [0.1, 0.15) is 19.5 Å². The summed E-state index contributed by atoms with van der Waals surface area (Å²) in [6.07, 6.45) is 2.98. The van der Waals surface area contributed by atoms with Crippen LogP contribution in [0.25, 0.3) is 0 Å². The molecule has 1 aromatic heterocycles. The molecular formula is C10H12N2O2. The highest BCUT2D eigenvalue weighted by atomic mass is 16.5. The molecule has 0 bridgehead atoms. The van der Waals surface area contributed by atoms with E-state index in [0.717, 1.165) is 0 Å². The summed E-state index contributed by atoms with van der Waals surface area (Å²) in [6, 6.07) is 0. The van der Waals surface area contributed by atoms with Gasteiger partial charge < -0.3 is 9.84 Å². The van der Waals surface area contributed by atoms with Crippen LogP contribution in [-0.2, 0) is 0 Å². The quantitative estimate of drug-likeness (QED) is 0.662. The van der Waals surface area contributed by atoms with Gasteiger partial charge >= 0.3 is 0 Å². The van der Waals surface area contributed by atoms with Crippen molar-refractivity contribution in [3.05, 3.63) is 18.1 Å². The predicted octanol–water partition coefficient (Wildman–Crippen LogP) is 0.608. The fraction of sp³-hybridized carbons (Fsp3) is 0.400. The number of methoxy groups -OCH3 is 1. The summed E-state index contributed by atoms with van der Waals surface area (Å²) < 4.78 is 4.84. The van der Waals surface area contributed by atoms with E-state index in [1.54, 1.807) is 13.8 Å². The highest BCUT2D eigenvalue weighted by Crippen LogP contribution is 2.02. The number of hydrogen-bond donors (Lipinski definition) is 1. The molecule has 1 heterocycles. The zero-order valence-corrected chi connectivity index (χ0v) is 8.40. The molecule has 0 radical (unpaired) electrons. The van der Waals surface area contributed by atoms with E-state index in [1.807, 2.05) is 0 Å². The van der Waals surface area contributed by atoms with E-state index in [2.05, 4.69) is 21.8 Å². The standard InChI is InChI=1S/C10H12N2O2/c1-10(2,13)5-4-8-6-12-9(14-3)7-11-8/h6-7,13H,1-3H3. The van der Waals surface area contributed by atoms with Gasteiger partial charge in [0.05, 0.1) is 19.5 Å². The Morgan fingerprint density at radius 1 is 1.36 bits per heavy atom. The van der Waals surface area contributed by atoms with E-state index in [-0.39, 0.29) is 0 Å². The Kier molecular flexibility index (Phi) is 3.05. The van der Waals surface area contributed by atoms with Crippen LogP contribution in [0, 0.1) is 11.8 Å². The average molecular weight is 192 g/mol. The highest BCUT2D eigenvalue weighted by Gasteiger charge is 2.05. The summed E-state index contributed by atoms with van der Waals surface area (Å²) in [7, 11) is 1.52. The van der Waals surface area contributed by atoms with Crippen LogP contribution in [0.2, 0.25) is 0 Å². The van der Waals surface area contributed by atoms with Gasteiger partial charge in [-0.3, -0.25) is 0 Å². The smallest absolute Gasteiger partial charge is 0.232 e. The summed E-state index contributed by atoms with van der Waals surface area (Å²) in [6.45, 7) is 3.22. The van der Waals surface area contributed by atoms with Crippen molar-refractivity contribution in [2.75, 3.05) is 7.11 Å². The van der Waals surface area contributed by atoms with Gasteiger partial charge in [-0.2, -0.15) is 0 Å². The van der Waals surface area contributed by atoms with Crippen molar-refractivity contribution in [2.45, 2.75) is 19.4 Å². The molecule has 0 aliphatic rings. The fourth-order valence-corrected chi connectivity index (χ4v) is 0.703. The summed E-state index contributed by atoms with van der Waals surface area (Å²) in [5, 5.41) is 9.33. The molecule has 0 fully saturated rings. The Morgan fingerprint density at radius 3 is 2.50 bits per heavy atom. The number of ether oxygens (including phenoxy) is 1. The van der Waals surface area contributed by atoms with Gasteiger partial charge in [-0.15, -0.1) is 0 Å². The maximum Gasteiger partial charge on any atom is 0.232 e. The Balaban J connectivity index is 2.82. The summed E-state index contributed by atoms with van der Waals surface area (Å²) >= 11 is 0. The summed E-state index contributed by atoms with van der Waals surface area (Å²) in [5.41, 5.74) is -0.505. The fourth-order valence-electron chi connectivity index (χ4n) is 0.703. The van der Waals surface area contributed by atoms with Gasteiger partial charge in [-0.1, -0.05) is 5.92 Å². The zero-order valence-electron chi connectivity index (χ0n) is 8.40. The molecule has 4 nitrogen and oxygen atoms in total. The van der Waals surface area contributed by atoms with Crippen LogP contribution < -0.4 is 4.74 Å². The largest absolute Gasteiger partial charge is 0.480 e. The van der Waals surface area contributed by atoms with Crippen LogP contribution in [0.3, 0.4) is 0 Å². The Bertz CT molecular complexity index is 354. The van der Waals surface area contributed by atoms with Crippen LogP contribution in [0.15, 0.2) is 12.4 Å². The molecule has 0 aliphatic heterocycles. The molecule has 0 amide bonds. The molecule has 4 heteroatoms. The molecule has 1 N–H and O–H groups in total. The molecule has 1 rings (SSSR count). The second kappa shape index (κ2) is 4.07. The molecule has 0 aliphatic carbocycles. The minimum atomic E-state index is -1.01. The van der Waals surface area contributed by atoms with E-state index >= 15 is 0 Å². The average Bonchev–Trinajstić information content (AvgIpc) is 2.14. The van der Waals surface area contributed by atoms with E-state index < -0.39 is 5.60 Å². The molecule has 0 spiro atoms. The zero-order chi connectivity index (χ0) is 10.6. The SMILES string of the molecule is COc1cnc(C#CC(C)(C)O)cn1. The van der Waals surface area contributed by atoms with Gasteiger partial charge in [-0.05, 0) is 19.8 Å². The third-order valence-electron chi connectivity index (χ3n) is 1.33. The number of hydrogen-bond acceptors (Lipinski definition) is 4. The van der Waals surface area contributed by atoms with E-state index in [9.17, 15) is 5.11 Å². The van der Waals surface area contributed by atoms with Crippen molar-refractivity contribution in [3.63, 3.8) is 0 Å². The van der Waals surface area contributed by atoms with Gasteiger partial charge in [0.15, 0.2) is 0 Å². The molecule has 1 aromatic rings. The van der Waals surface area contributed by atoms with Crippen molar-refractivity contribution in [1.29, 1.82) is 0 Å². The Hall–Kier alpha value is -1.60. The normalized spacial score (nSPS) is 10.3. The lowest BCUT2D eigenvalue weighted by atomic mass is 10.1. The van der Waals surface area contributed by atoms with Crippen molar-refractivity contribution in [2.24, 2.45) is 0 Å². The lowest BCUT2D eigenvalue weighted by Crippen LogP contribution is -2.14. The van der Waals surface area contributed by atoms with Crippen LogP contribution in [-0.4, -0.2) is 27.8 Å². The first-order chi connectivity index (χ1) is 6.51. The van der Waals surface area contributed by atoms with Crippen molar-refractivity contribution >= 4 is 0 Å². The molecule has 14 heavy (non-hydrogen) atoms. The molecule has 0 saturated heterocycles. The van der Waals surface area contributed by atoms with Crippen LogP contribution in [0.4, 0.5) is 0 Å². The molecule has 0 aromatic carbocycles. The summed E-state index contributed by atoms with van der Waals surface area (Å²) in [4.78, 5) is 7.91. The number of aliphatic hydroxyl groups is 1. The first-order valence-corrected chi connectivity index (χ1v) is 4.13. The predicted molar refractivity (Wildman–Crippen MR) is 51.8 cm³/mol. The molecule has 0 atom stereocenters. The second-order valence-corrected chi connectivity index (χ2v) is 3.25. The van der Waals surface area contributed by atoms with Gasteiger partial charge in [0.25, 0.3) is 0 Å². The second-order valence-electron chi connectivity index (χ2n) is 3.25. The van der Waals surface area contributed by atoms with Crippen LogP contribution >= 0.6 is 0 Å². The first kappa shape index (κ1) is 10.5. The van der Waals surface area contributed by atoms with Gasteiger partial charge in [0.1, 0.15) is 11.3 Å². The van der Waals surface area contributed by atoms with E-state index in [0.29, 0.717) is 11.6 Å². The Labute approximate surface area is 83.0 Å². The summed E-state index contributed by atoms with van der Waals surface area (Å²) in [5.74, 6) is 5.79. The van der Waals surface area contributed by atoms with Crippen molar-refractivity contribution in [3.8, 4) is 17.7 Å². The Morgan fingerprint density at radius 2 is 2.07 bits per heavy atom. The van der Waals surface area contributed by atoms with Crippen molar-refractivity contribution in [1.82, 2.24) is 9.97 Å². The van der Waals surface area contributed by atoms with Crippen molar-refractivity contribution < 1.29 is 9.84 Å². The van der Waals surface area contributed by atoms with Gasteiger partial charge in [0, 0.05) is 0 Å². The number of rotatable bonds is 1. The minimum Gasteiger partial charge on any atom is -0.480 e. The highest BCUT2D eigenvalue weighted by molar-refractivity contribution is 5.28. The topological polar surface area (TPSA) is 55.2 Å². The molecular weight excluding hydrogens is 180 g/mol. The number of nitrogens with zero attached hydrogens (tertiary/aromatic N) is 2. The monoisotopic (exact) mass is 192 g/mol. The maximum absolute atomic E-state index is 9.33. The van der Waals surface area contributed by atoms with Crippen LogP contribution in [0.5, 0.6) is 5.88 Å².